The molecule has 11 heavy (non-hydrogen) atoms. The SMILES string of the molecule is CCCNC(=O)CCC(C)C. The Hall–Kier alpha value is -0.530. The van der Waals surface area contributed by atoms with Gasteiger partial charge in [0, 0.05) is 13.0 Å². The molecule has 0 aliphatic heterocycles. The monoisotopic (exact) mass is 157 g/mol. The van der Waals surface area contributed by atoms with Crippen LogP contribution in [0, 0.1) is 5.92 Å². The molecule has 1 N–H and O–H groups in total. The van der Waals surface area contributed by atoms with E-state index in [1.165, 1.54) is 0 Å². The van der Waals surface area contributed by atoms with Crippen molar-refractivity contribution < 1.29 is 4.79 Å². The fourth-order valence-electron chi connectivity index (χ4n) is 0.773. The molecule has 66 valence electrons. The van der Waals surface area contributed by atoms with Crippen molar-refractivity contribution in [2.75, 3.05) is 6.54 Å². The minimum atomic E-state index is 0.195. The first kappa shape index (κ1) is 10.5. The lowest BCUT2D eigenvalue weighted by molar-refractivity contribution is -0.121. The van der Waals surface area contributed by atoms with Crippen LogP contribution in [0.4, 0.5) is 0 Å². The average Bonchev–Trinajstić information content (AvgIpc) is 1.97. The molecule has 2 nitrogen and oxygen atoms in total. The molecule has 0 unspecified atom stereocenters. The van der Waals surface area contributed by atoms with Crippen LogP contribution in [0.5, 0.6) is 0 Å². The molecule has 0 aromatic heterocycles. The zero-order valence-corrected chi connectivity index (χ0v) is 7.81. The average molecular weight is 157 g/mol. The molecule has 0 atom stereocenters. The molecule has 0 spiro atoms. The second kappa shape index (κ2) is 6.20. The fraction of sp³-hybridized carbons (Fsp3) is 0.889. The maximum atomic E-state index is 11.0. The van der Waals surface area contributed by atoms with Gasteiger partial charge < -0.3 is 5.32 Å². The second-order valence-electron chi connectivity index (χ2n) is 3.28. The van der Waals surface area contributed by atoms with Crippen LogP contribution in [-0.2, 0) is 4.79 Å². The number of rotatable bonds is 5. The predicted octanol–water partition coefficient (Wildman–Crippen LogP) is 1.95. The molecule has 0 aromatic carbocycles. The van der Waals surface area contributed by atoms with Crippen LogP contribution in [0.25, 0.3) is 0 Å². The summed E-state index contributed by atoms with van der Waals surface area (Å²) >= 11 is 0. The topological polar surface area (TPSA) is 29.1 Å². The van der Waals surface area contributed by atoms with Crippen LogP contribution in [-0.4, -0.2) is 12.5 Å². The Morgan fingerprint density at radius 3 is 2.55 bits per heavy atom. The predicted molar refractivity (Wildman–Crippen MR) is 47.4 cm³/mol. The number of carbonyl (C=O) groups excluding carboxylic acids is 1. The lowest BCUT2D eigenvalue weighted by Gasteiger charge is -2.04. The Labute approximate surface area is 69.4 Å². The Kier molecular flexibility index (Phi) is 5.90. The molecule has 0 rings (SSSR count). The highest BCUT2D eigenvalue weighted by atomic mass is 16.1. The van der Waals surface area contributed by atoms with Crippen molar-refractivity contribution in [1.29, 1.82) is 0 Å². The standard InChI is InChI=1S/C9H19NO/c1-4-7-10-9(11)6-5-8(2)3/h8H,4-7H2,1-3H3,(H,10,11). The van der Waals surface area contributed by atoms with E-state index in [9.17, 15) is 4.79 Å². The van der Waals surface area contributed by atoms with Crippen LogP contribution in [0.3, 0.4) is 0 Å². The number of carbonyl (C=O) groups is 1. The van der Waals surface area contributed by atoms with E-state index in [2.05, 4.69) is 26.1 Å². The highest BCUT2D eigenvalue weighted by Gasteiger charge is 2.00. The Morgan fingerprint density at radius 1 is 1.45 bits per heavy atom. The molecule has 0 bridgehead atoms. The quantitative estimate of drug-likeness (QED) is 0.649. The maximum absolute atomic E-state index is 11.0. The van der Waals surface area contributed by atoms with Gasteiger partial charge in [-0.25, -0.2) is 0 Å². The number of nitrogens with one attached hydrogen (secondary N) is 1. The molecule has 0 aromatic rings. The van der Waals surface area contributed by atoms with E-state index in [4.69, 9.17) is 0 Å². The van der Waals surface area contributed by atoms with Gasteiger partial charge in [-0.1, -0.05) is 20.8 Å². The summed E-state index contributed by atoms with van der Waals surface area (Å²) in [6, 6.07) is 0. The van der Waals surface area contributed by atoms with E-state index in [1.54, 1.807) is 0 Å². The third-order valence-electron chi connectivity index (χ3n) is 1.52. The van der Waals surface area contributed by atoms with Crippen LogP contribution >= 0.6 is 0 Å². The minimum Gasteiger partial charge on any atom is -0.356 e. The van der Waals surface area contributed by atoms with Gasteiger partial charge >= 0.3 is 0 Å². The molecular weight excluding hydrogens is 138 g/mol. The molecule has 0 saturated heterocycles. The van der Waals surface area contributed by atoms with E-state index in [0.29, 0.717) is 12.3 Å². The molecule has 0 fully saturated rings. The zero-order chi connectivity index (χ0) is 8.69. The highest BCUT2D eigenvalue weighted by molar-refractivity contribution is 5.75. The van der Waals surface area contributed by atoms with Gasteiger partial charge in [-0.15, -0.1) is 0 Å². The first-order valence-electron chi connectivity index (χ1n) is 4.43. The van der Waals surface area contributed by atoms with Crippen molar-refractivity contribution in [3.63, 3.8) is 0 Å². The molecule has 0 aliphatic rings. The zero-order valence-electron chi connectivity index (χ0n) is 7.81. The van der Waals surface area contributed by atoms with Crippen molar-refractivity contribution in [2.45, 2.75) is 40.0 Å². The number of hydrogen-bond acceptors (Lipinski definition) is 1. The van der Waals surface area contributed by atoms with Crippen molar-refractivity contribution in [2.24, 2.45) is 5.92 Å². The molecule has 0 aliphatic carbocycles. The van der Waals surface area contributed by atoms with Crippen LogP contribution in [0.15, 0.2) is 0 Å². The molecule has 2 heteroatoms. The van der Waals surface area contributed by atoms with E-state index in [-0.39, 0.29) is 5.91 Å². The van der Waals surface area contributed by atoms with Crippen LogP contribution < -0.4 is 5.32 Å². The third kappa shape index (κ3) is 7.37. The molecular formula is C9H19NO. The van der Waals surface area contributed by atoms with Crippen molar-refractivity contribution in [1.82, 2.24) is 5.32 Å². The number of amides is 1. The minimum absolute atomic E-state index is 0.195. The molecule has 0 saturated carbocycles. The summed E-state index contributed by atoms with van der Waals surface area (Å²) in [7, 11) is 0. The van der Waals surface area contributed by atoms with Gasteiger partial charge in [-0.2, -0.15) is 0 Å². The second-order valence-corrected chi connectivity index (χ2v) is 3.28. The Morgan fingerprint density at radius 2 is 2.09 bits per heavy atom. The lowest BCUT2D eigenvalue weighted by atomic mass is 10.1. The highest BCUT2D eigenvalue weighted by Crippen LogP contribution is 2.02. The van der Waals surface area contributed by atoms with Crippen LogP contribution in [0.1, 0.15) is 40.0 Å². The summed E-state index contributed by atoms with van der Waals surface area (Å²) in [4.78, 5) is 11.0. The Balaban J connectivity index is 3.23. The van der Waals surface area contributed by atoms with Gasteiger partial charge in [0.15, 0.2) is 0 Å². The van der Waals surface area contributed by atoms with Gasteiger partial charge in [0.25, 0.3) is 0 Å². The molecule has 1 amide bonds. The molecule has 0 radical (unpaired) electrons. The third-order valence-corrected chi connectivity index (χ3v) is 1.52. The first-order valence-corrected chi connectivity index (χ1v) is 4.43. The van der Waals surface area contributed by atoms with Crippen molar-refractivity contribution in [3.8, 4) is 0 Å². The summed E-state index contributed by atoms with van der Waals surface area (Å²) < 4.78 is 0. The summed E-state index contributed by atoms with van der Waals surface area (Å²) in [6.07, 6.45) is 2.70. The van der Waals surface area contributed by atoms with Gasteiger partial charge in [0.2, 0.25) is 5.91 Å². The summed E-state index contributed by atoms with van der Waals surface area (Å²) in [6.45, 7) is 7.14. The van der Waals surface area contributed by atoms with Gasteiger partial charge in [0.1, 0.15) is 0 Å². The molecule has 0 heterocycles. The van der Waals surface area contributed by atoms with Crippen molar-refractivity contribution in [3.05, 3.63) is 0 Å². The summed E-state index contributed by atoms with van der Waals surface area (Å²) in [5.74, 6) is 0.822. The van der Waals surface area contributed by atoms with E-state index < -0.39 is 0 Å². The lowest BCUT2D eigenvalue weighted by Crippen LogP contribution is -2.23. The van der Waals surface area contributed by atoms with Crippen LogP contribution in [0.2, 0.25) is 0 Å². The van der Waals surface area contributed by atoms with E-state index >= 15 is 0 Å². The number of hydrogen-bond donors (Lipinski definition) is 1. The first-order chi connectivity index (χ1) is 5.16. The van der Waals surface area contributed by atoms with Gasteiger partial charge in [0.05, 0.1) is 0 Å². The van der Waals surface area contributed by atoms with Gasteiger partial charge in [-0.3, -0.25) is 4.79 Å². The smallest absolute Gasteiger partial charge is 0.220 e. The summed E-state index contributed by atoms with van der Waals surface area (Å²) in [5.41, 5.74) is 0. The summed E-state index contributed by atoms with van der Waals surface area (Å²) in [5, 5.41) is 2.85. The van der Waals surface area contributed by atoms with E-state index in [0.717, 1.165) is 19.4 Å². The van der Waals surface area contributed by atoms with Crippen molar-refractivity contribution >= 4 is 5.91 Å². The maximum Gasteiger partial charge on any atom is 0.220 e. The van der Waals surface area contributed by atoms with E-state index in [1.807, 2.05) is 0 Å². The largest absolute Gasteiger partial charge is 0.356 e. The Bertz CT molecular complexity index is 110. The normalized spacial score (nSPS) is 10.2. The van der Waals surface area contributed by atoms with Gasteiger partial charge in [-0.05, 0) is 18.8 Å². The fourth-order valence-corrected chi connectivity index (χ4v) is 0.773.